The number of benzene rings is 1. The first-order valence-electron chi connectivity index (χ1n) is 9.06. The van der Waals surface area contributed by atoms with Crippen molar-refractivity contribution in [2.75, 3.05) is 26.2 Å². The van der Waals surface area contributed by atoms with Crippen LogP contribution in [0.1, 0.15) is 48.3 Å². The maximum atomic E-state index is 12.5. The van der Waals surface area contributed by atoms with E-state index in [-0.39, 0.29) is 11.9 Å². The van der Waals surface area contributed by atoms with Crippen LogP contribution >= 0.6 is 0 Å². The van der Waals surface area contributed by atoms with Crippen molar-refractivity contribution in [1.29, 1.82) is 0 Å². The Morgan fingerprint density at radius 3 is 2.80 bits per heavy atom. The van der Waals surface area contributed by atoms with Gasteiger partial charge in [-0.25, -0.2) is 0 Å². The number of ether oxygens (including phenoxy) is 1. The predicted octanol–water partition coefficient (Wildman–Crippen LogP) is 3.64. The van der Waals surface area contributed by atoms with Gasteiger partial charge in [-0.15, -0.1) is 0 Å². The van der Waals surface area contributed by atoms with Crippen molar-refractivity contribution in [2.24, 2.45) is 0 Å². The molecule has 1 saturated heterocycles. The topological polar surface area (TPSA) is 54.7 Å². The average Bonchev–Trinajstić information content (AvgIpc) is 3.18. The van der Waals surface area contributed by atoms with E-state index in [1.807, 2.05) is 31.2 Å². The Balaban J connectivity index is 1.66. The van der Waals surface area contributed by atoms with Gasteiger partial charge in [0.25, 0.3) is 5.91 Å². The number of amides is 1. The van der Waals surface area contributed by atoms with Crippen molar-refractivity contribution in [3.8, 4) is 5.75 Å². The van der Waals surface area contributed by atoms with Crippen LogP contribution < -0.4 is 10.1 Å². The van der Waals surface area contributed by atoms with Crippen molar-refractivity contribution >= 4 is 5.91 Å². The quantitative estimate of drug-likeness (QED) is 0.835. The van der Waals surface area contributed by atoms with Crippen molar-refractivity contribution in [3.63, 3.8) is 0 Å². The molecule has 2 heterocycles. The molecule has 1 aromatic carbocycles. The van der Waals surface area contributed by atoms with Gasteiger partial charge >= 0.3 is 0 Å². The molecule has 134 valence electrons. The van der Waals surface area contributed by atoms with E-state index in [4.69, 9.17) is 9.15 Å². The van der Waals surface area contributed by atoms with E-state index in [0.717, 1.165) is 18.8 Å². The number of nitrogens with one attached hydrogen (secondary N) is 1. The molecule has 1 aliphatic rings. The minimum Gasteiger partial charge on any atom is -0.494 e. The van der Waals surface area contributed by atoms with Crippen LogP contribution in [0.2, 0.25) is 0 Å². The van der Waals surface area contributed by atoms with Crippen molar-refractivity contribution in [2.45, 2.75) is 32.2 Å². The number of hydrogen-bond acceptors (Lipinski definition) is 4. The lowest BCUT2D eigenvalue weighted by Crippen LogP contribution is -2.40. The number of likely N-dealkylation sites (tertiary alicyclic amines) is 1. The number of furan rings is 1. The first-order chi connectivity index (χ1) is 12.3. The zero-order valence-electron chi connectivity index (χ0n) is 14.7. The molecule has 0 saturated carbocycles. The van der Waals surface area contributed by atoms with E-state index in [0.29, 0.717) is 24.5 Å². The normalized spacial score (nSPS) is 16.4. The third-order valence-corrected chi connectivity index (χ3v) is 4.57. The van der Waals surface area contributed by atoms with Gasteiger partial charge in [0.2, 0.25) is 0 Å². The highest BCUT2D eigenvalue weighted by Crippen LogP contribution is 2.24. The summed E-state index contributed by atoms with van der Waals surface area (Å²) in [5.74, 6) is 1.54. The summed E-state index contributed by atoms with van der Waals surface area (Å²) in [7, 11) is 0. The monoisotopic (exact) mass is 342 g/mol. The Bertz CT molecular complexity index is 663. The van der Waals surface area contributed by atoms with Crippen LogP contribution in [-0.2, 0) is 0 Å². The predicted molar refractivity (Wildman–Crippen MR) is 96.8 cm³/mol. The molecule has 0 radical (unpaired) electrons. The van der Waals surface area contributed by atoms with Gasteiger partial charge in [0.1, 0.15) is 11.5 Å². The van der Waals surface area contributed by atoms with E-state index < -0.39 is 0 Å². The summed E-state index contributed by atoms with van der Waals surface area (Å²) >= 11 is 0. The summed E-state index contributed by atoms with van der Waals surface area (Å²) in [6, 6.07) is 11.3. The van der Waals surface area contributed by atoms with E-state index in [1.165, 1.54) is 19.3 Å². The Morgan fingerprint density at radius 2 is 2.08 bits per heavy atom. The van der Waals surface area contributed by atoms with Gasteiger partial charge in [-0.05, 0) is 63.2 Å². The van der Waals surface area contributed by atoms with Crippen LogP contribution in [0.3, 0.4) is 0 Å². The maximum absolute atomic E-state index is 12.5. The van der Waals surface area contributed by atoms with Crippen molar-refractivity contribution < 1.29 is 13.9 Å². The summed E-state index contributed by atoms with van der Waals surface area (Å²) in [5, 5.41) is 3.06. The molecule has 1 aromatic heterocycles. The summed E-state index contributed by atoms with van der Waals surface area (Å²) in [4.78, 5) is 14.9. The fourth-order valence-electron chi connectivity index (χ4n) is 3.31. The summed E-state index contributed by atoms with van der Waals surface area (Å²) in [6.07, 6.45) is 5.36. The molecule has 1 aliphatic heterocycles. The van der Waals surface area contributed by atoms with Crippen LogP contribution in [0.4, 0.5) is 0 Å². The van der Waals surface area contributed by atoms with E-state index in [9.17, 15) is 4.79 Å². The largest absolute Gasteiger partial charge is 0.494 e. The van der Waals surface area contributed by atoms with Crippen LogP contribution in [0.15, 0.2) is 47.1 Å². The molecule has 1 amide bonds. The highest BCUT2D eigenvalue weighted by atomic mass is 16.5. The Hall–Kier alpha value is -2.27. The van der Waals surface area contributed by atoms with Gasteiger partial charge in [0.05, 0.1) is 18.9 Å². The minimum absolute atomic E-state index is 0.0781. The Morgan fingerprint density at radius 1 is 1.24 bits per heavy atom. The second-order valence-electron chi connectivity index (χ2n) is 6.30. The second kappa shape index (κ2) is 8.72. The molecule has 5 heteroatoms. The van der Waals surface area contributed by atoms with Crippen molar-refractivity contribution in [3.05, 3.63) is 54.0 Å². The fraction of sp³-hybridized carbons (Fsp3) is 0.450. The molecule has 1 N–H and O–H groups in total. The standard InChI is InChI=1S/C20H26N2O3/c1-2-24-17-9-6-8-16(14-17)20(23)21-15-18(19-10-7-13-25-19)22-11-4-3-5-12-22/h6-10,13-14,18H,2-5,11-12,15H2,1H3,(H,21,23). The number of rotatable bonds is 7. The van der Waals surface area contributed by atoms with Crippen LogP contribution in [0.5, 0.6) is 5.75 Å². The zero-order chi connectivity index (χ0) is 17.5. The van der Waals surface area contributed by atoms with Gasteiger partial charge < -0.3 is 14.5 Å². The zero-order valence-corrected chi connectivity index (χ0v) is 14.7. The first kappa shape index (κ1) is 17.5. The minimum atomic E-state index is -0.0879. The highest BCUT2D eigenvalue weighted by molar-refractivity contribution is 5.94. The molecule has 2 aromatic rings. The third-order valence-electron chi connectivity index (χ3n) is 4.57. The van der Waals surface area contributed by atoms with Crippen LogP contribution in [0.25, 0.3) is 0 Å². The summed E-state index contributed by atoms with van der Waals surface area (Å²) in [5.41, 5.74) is 0.614. The molecule has 25 heavy (non-hydrogen) atoms. The molecule has 0 spiro atoms. The summed E-state index contributed by atoms with van der Waals surface area (Å²) in [6.45, 7) is 5.13. The molecule has 0 aliphatic carbocycles. The SMILES string of the molecule is CCOc1cccc(C(=O)NCC(c2ccco2)N2CCCCC2)c1. The average molecular weight is 342 g/mol. The van der Waals surface area contributed by atoms with E-state index >= 15 is 0 Å². The Labute approximate surface area is 149 Å². The van der Waals surface area contributed by atoms with Crippen LogP contribution in [0, 0.1) is 0 Å². The lowest BCUT2D eigenvalue weighted by Gasteiger charge is -2.33. The lowest BCUT2D eigenvalue weighted by molar-refractivity contribution is 0.0913. The van der Waals surface area contributed by atoms with Gasteiger partial charge in [-0.1, -0.05) is 12.5 Å². The lowest BCUT2D eigenvalue weighted by atomic mass is 10.1. The molecule has 3 rings (SSSR count). The van der Waals surface area contributed by atoms with Gasteiger partial charge in [-0.2, -0.15) is 0 Å². The second-order valence-corrected chi connectivity index (χ2v) is 6.30. The molecule has 1 atom stereocenters. The molecule has 5 nitrogen and oxygen atoms in total. The summed E-state index contributed by atoms with van der Waals surface area (Å²) < 4.78 is 11.1. The van der Waals surface area contributed by atoms with Gasteiger partial charge in [-0.3, -0.25) is 9.69 Å². The fourth-order valence-corrected chi connectivity index (χ4v) is 3.31. The number of hydrogen-bond donors (Lipinski definition) is 1. The Kier molecular flexibility index (Phi) is 6.12. The van der Waals surface area contributed by atoms with Crippen molar-refractivity contribution in [1.82, 2.24) is 10.2 Å². The van der Waals surface area contributed by atoms with Crippen LogP contribution in [-0.4, -0.2) is 37.0 Å². The maximum Gasteiger partial charge on any atom is 0.251 e. The number of carbonyl (C=O) groups excluding carboxylic acids is 1. The number of nitrogens with zero attached hydrogens (tertiary/aromatic N) is 1. The highest BCUT2D eigenvalue weighted by Gasteiger charge is 2.25. The molecule has 0 bridgehead atoms. The molecular formula is C20H26N2O3. The number of piperidine rings is 1. The van der Waals surface area contributed by atoms with E-state index in [1.54, 1.807) is 18.4 Å². The molecule has 1 unspecified atom stereocenters. The smallest absolute Gasteiger partial charge is 0.251 e. The number of carbonyl (C=O) groups is 1. The first-order valence-corrected chi connectivity index (χ1v) is 9.06. The third kappa shape index (κ3) is 4.63. The molecule has 1 fully saturated rings. The van der Waals surface area contributed by atoms with E-state index in [2.05, 4.69) is 10.2 Å². The molecular weight excluding hydrogens is 316 g/mol. The van der Waals surface area contributed by atoms with Gasteiger partial charge in [0.15, 0.2) is 0 Å². The van der Waals surface area contributed by atoms with Gasteiger partial charge in [0, 0.05) is 12.1 Å².